The highest BCUT2D eigenvalue weighted by molar-refractivity contribution is 14.0. The summed E-state index contributed by atoms with van der Waals surface area (Å²) in [5.74, 6) is 1.73. The molecule has 7 heteroatoms. The number of halogens is 1. The minimum absolute atomic E-state index is 0. The number of nitrogens with one attached hydrogen (secondary N) is 2. The monoisotopic (exact) mass is 518 g/mol. The van der Waals surface area contributed by atoms with E-state index in [0.717, 1.165) is 69.4 Å². The van der Waals surface area contributed by atoms with Gasteiger partial charge in [-0.2, -0.15) is 0 Å². The highest BCUT2D eigenvalue weighted by Gasteiger charge is 2.29. The summed E-state index contributed by atoms with van der Waals surface area (Å²) < 4.78 is 11.9. The molecule has 1 aromatic rings. The first-order valence-corrected chi connectivity index (χ1v) is 10.7. The van der Waals surface area contributed by atoms with E-state index in [9.17, 15) is 0 Å². The van der Waals surface area contributed by atoms with Crippen LogP contribution >= 0.6 is 24.0 Å². The van der Waals surface area contributed by atoms with E-state index < -0.39 is 0 Å². The molecule has 1 heterocycles. The van der Waals surface area contributed by atoms with Crippen LogP contribution in [0.5, 0.6) is 5.75 Å². The number of guanidine groups is 1. The Hall–Kier alpha value is -1.06. The quantitative estimate of drug-likeness (QED) is 0.266. The van der Waals surface area contributed by atoms with Crippen LogP contribution in [-0.4, -0.2) is 62.4 Å². The van der Waals surface area contributed by atoms with E-state index in [2.05, 4.69) is 49.3 Å². The van der Waals surface area contributed by atoms with Crippen LogP contribution in [0.2, 0.25) is 0 Å². The first-order valence-electron chi connectivity index (χ1n) is 10.7. The molecule has 1 unspecified atom stereocenters. The molecular weight excluding hydrogens is 479 g/mol. The van der Waals surface area contributed by atoms with Gasteiger partial charge in [0, 0.05) is 31.8 Å². The molecule has 0 amide bonds. The molecule has 2 N–H and O–H groups in total. The molecule has 0 saturated carbocycles. The van der Waals surface area contributed by atoms with Crippen molar-refractivity contribution in [1.82, 2.24) is 15.5 Å². The van der Waals surface area contributed by atoms with Gasteiger partial charge < -0.3 is 25.0 Å². The van der Waals surface area contributed by atoms with Crippen LogP contribution in [-0.2, 0) is 11.3 Å². The fourth-order valence-electron chi connectivity index (χ4n) is 3.35. The average Bonchev–Trinajstić information content (AvgIpc) is 3.15. The first-order chi connectivity index (χ1) is 13.6. The van der Waals surface area contributed by atoms with Crippen molar-refractivity contribution in [2.75, 3.05) is 45.9 Å². The topological polar surface area (TPSA) is 58.1 Å². The number of ether oxygens (including phenoxy) is 2. The third-order valence-electron chi connectivity index (χ3n) is 5.21. The van der Waals surface area contributed by atoms with Gasteiger partial charge in [-0.1, -0.05) is 32.0 Å². The van der Waals surface area contributed by atoms with Gasteiger partial charge in [0.05, 0.1) is 12.1 Å². The molecule has 1 atom stereocenters. The first kappa shape index (κ1) is 26.0. The van der Waals surface area contributed by atoms with Crippen LogP contribution in [0.25, 0.3) is 0 Å². The summed E-state index contributed by atoms with van der Waals surface area (Å²) in [6, 6.07) is 8.17. The molecule has 1 saturated heterocycles. The second-order valence-electron chi connectivity index (χ2n) is 7.43. The molecule has 0 aromatic heterocycles. The molecule has 0 aliphatic carbocycles. The highest BCUT2D eigenvalue weighted by Crippen LogP contribution is 2.24. The van der Waals surface area contributed by atoms with Crippen molar-refractivity contribution < 1.29 is 9.47 Å². The van der Waals surface area contributed by atoms with Crippen molar-refractivity contribution in [3.05, 3.63) is 29.8 Å². The van der Waals surface area contributed by atoms with Crippen LogP contribution in [0.3, 0.4) is 0 Å². The van der Waals surface area contributed by atoms with Crippen LogP contribution < -0.4 is 15.4 Å². The van der Waals surface area contributed by atoms with Crippen molar-refractivity contribution in [3.63, 3.8) is 0 Å². The maximum Gasteiger partial charge on any atom is 0.191 e. The van der Waals surface area contributed by atoms with Crippen LogP contribution in [0.1, 0.15) is 46.1 Å². The van der Waals surface area contributed by atoms with Crippen molar-refractivity contribution in [3.8, 4) is 5.75 Å². The number of nitrogens with zero attached hydrogens (tertiary/aromatic N) is 2. The fourth-order valence-corrected chi connectivity index (χ4v) is 3.35. The third-order valence-corrected chi connectivity index (χ3v) is 5.21. The highest BCUT2D eigenvalue weighted by atomic mass is 127. The average molecular weight is 518 g/mol. The zero-order valence-electron chi connectivity index (χ0n) is 18.5. The Morgan fingerprint density at radius 3 is 2.62 bits per heavy atom. The lowest BCUT2D eigenvalue weighted by molar-refractivity contribution is 0.0243. The SMILES string of the molecule is CCNC(=NCc1ccccc1OCCN(CC)CC)NCC1(C)CCCO1.I. The smallest absolute Gasteiger partial charge is 0.191 e. The Morgan fingerprint density at radius 1 is 1.21 bits per heavy atom. The van der Waals surface area contributed by atoms with Gasteiger partial charge in [-0.25, -0.2) is 4.99 Å². The van der Waals surface area contributed by atoms with Gasteiger partial charge in [0.1, 0.15) is 12.4 Å². The van der Waals surface area contributed by atoms with Crippen molar-refractivity contribution in [2.24, 2.45) is 4.99 Å². The second-order valence-corrected chi connectivity index (χ2v) is 7.43. The van der Waals surface area contributed by atoms with E-state index in [1.54, 1.807) is 0 Å². The summed E-state index contributed by atoms with van der Waals surface area (Å²) in [5, 5.41) is 6.76. The number of aliphatic imine (C=N–C) groups is 1. The maximum absolute atomic E-state index is 6.05. The Kier molecular flexibility index (Phi) is 12.6. The van der Waals surface area contributed by atoms with Gasteiger partial charge in [-0.15, -0.1) is 24.0 Å². The molecule has 0 bridgehead atoms. The fraction of sp³-hybridized carbons (Fsp3) is 0.682. The molecule has 6 nitrogen and oxygen atoms in total. The Balaban J connectivity index is 0.00000420. The standard InChI is InChI=1S/C22H38N4O2.HI/c1-5-23-21(25-18-22(4)13-10-15-28-22)24-17-19-11-8-9-12-20(19)27-16-14-26(6-2)7-3;/h8-9,11-12H,5-7,10,13-18H2,1-4H3,(H2,23,24,25);1H. The zero-order valence-corrected chi connectivity index (χ0v) is 20.8. The minimum atomic E-state index is -0.0956. The second kappa shape index (κ2) is 14.0. The summed E-state index contributed by atoms with van der Waals surface area (Å²) >= 11 is 0. The number of rotatable bonds is 11. The lowest BCUT2D eigenvalue weighted by atomic mass is 10.0. The molecule has 1 aliphatic heterocycles. The number of hydrogen-bond donors (Lipinski definition) is 2. The molecular formula is C22H39IN4O2. The van der Waals surface area contributed by atoms with Gasteiger partial charge in [0.2, 0.25) is 0 Å². The van der Waals surface area contributed by atoms with Crippen molar-refractivity contribution >= 4 is 29.9 Å². The summed E-state index contributed by atoms with van der Waals surface area (Å²) in [7, 11) is 0. The zero-order chi connectivity index (χ0) is 20.2. The van der Waals surface area contributed by atoms with Gasteiger partial charge >= 0.3 is 0 Å². The van der Waals surface area contributed by atoms with Crippen LogP contribution in [0, 0.1) is 0 Å². The third kappa shape index (κ3) is 9.09. The molecule has 0 spiro atoms. The van der Waals surface area contributed by atoms with E-state index in [4.69, 9.17) is 14.5 Å². The van der Waals surface area contributed by atoms with E-state index in [1.807, 2.05) is 18.2 Å². The van der Waals surface area contributed by atoms with Gasteiger partial charge in [0.15, 0.2) is 5.96 Å². The van der Waals surface area contributed by atoms with E-state index in [1.165, 1.54) is 0 Å². The summed E-state index contributed by atoms with van der Waals surface area (Å²) in [6.45, 7) is 15.3. The predicted octanol–water partition coefficient (Wildman–Crippen LogP) is 3.65. The lowest BCUT2D eigenvalue weighted by Crippen LogP contribution is -2.45. The summed E-state index contributed by atoms with van der Waals surface area (Å²) in [6.07, 6.45) is 2.21. The molecule has 1 aromatic carbocycles. The normalized spacial score (nSPS) is 19.1. The largest absolute Gasteiger partial charge is 0.492 e. The van der Waals surface area contributed by atoms with Gasteiger partial charge in [-0.05, 0) is 45.8 Å². The number of benzene rings is 1. The molecule has 0 radical (unpaired) electrons. The molecule has 166 valence electrons. The lowest BCUT2D eigenvalue weighted by Gasteiger charge is -2.24. The predicted molar refractivity (Wildman–Crippen MR) is 132 cm³/mol. The van der Waals surface area contributed by atoms with Crippen LogP contribution in [0.4, 0.5) is 0 Å². The number of hydrogen-bond acceptors (Lipinski definition) is 4. The molecule has 29 heavy (non-hydrogen) atoms. The van der Waals surface area contributed by atoms with Crippen LogP contribution in [0.15, 0.2) is 29.3 Å². The minimum Gasteiger partial charge on any atom is -0.492 e. The van der Waals surface area contributed by atoms with E-state index >= 15 is 0 Å². The van der Waals surface area contributed by atoms with Gasteiger partial charge in [0.25, 0.3) is 0 Å². The van der Waals surface area contributed by atoms with Gasteiger partial charge in [-0.3, -0.25) is 0 Å². The Labute approximate surface area is 193 Å². The number of para-hydroxylation sites is 1. The van der Waals surface area contributed by atoms with Crippen molar-refractivity contribution in [1.29, 1.82) is 0 Å². The Morgan fingerprint density at radius 2 is 1.97 bits per heavy atom. The molecule has 1 fully saturated rings. The van der Waals surface area contributed by atoms with E-state index in [0.29, 0.717) is 13.2 Å². The summed E-state index contributed by atoms with van der Waals surface area (Å²) in [5.41, 5.74) is 1.00. The maximum atomic E-state index is 6.05. The summed E-state index contributed by atoms with van der Waals surface area (Å²) in [4.78, 5) is 7.12. The number of likely N-dealkylation sites (N-methyl/N-ethyl adjacent to an activating group) is 1. The Bertz CT molecular complexity index is 602. The molecule has 1 aliphatic rings. The van der Waals surface area contributed by atoms with Crippen molar-refractivity contribution in [2.45, 2.75) is 52.7 Å². The van der Waals surface area contributed by atoms with E-state index in [-0.39, 0.29) is 29.6 Å². The molecule has 2 rings (SSSR count).